The molecule has 4 rings (SSSR count). The molecule has 1 aromatic carbocycles. The van der Waals surface area contributed by atoms with Gasteiger partial charge < -0.3 is 19.6 Å². The minimum atomic E-state index is -0.852. The molecule has 3 aliphatic rings. The Hall–Kier alpha value is -2.29. The molecule has 7 nitrogen and oxygen atoms in total. The average Bonchev–Trinajstić information content (AvgIpc) is 3.49. The molecule has 0 aliphatic carbocycles. The molecule has 1 N–H and O–H groups in total. The van der Waals surface area contributed by atoms with Crippen LogP contribution in [-0.4, -0.2) is 69.1 Å². The molecule has 2 amide bonds. The van der Waals surface area contributed by atoms with Gasteiger partial charge in [-0.15, -0.1) is 24.9 Å². The number of likely N-dealkylation sites (tertiary alicyclic amines) is 1. The second kappa shape index (κ2) is 11.7. The minimum absolute atomic E-state index is 0.0522. The Morgan fingerprint density at radius 3 is 2.56 bits per heavy atom. The van der Waals surface area contributed by atoms with E-state index in [1.165, 1.54) is 0 Å². The van der Waals surface area contributed by atoms with Crippen molar-refractivity contribution in [1.29, 1.82) is 0 Å². The molecule has 0 aromatic heterocycles. The van der Waals surface area contributed by atoms with E-state index >= 15 is 0 Å². The molecule has 39 heavy (non-hydrogen) atoms. The Bertz CT molecular complexity index is 1130. The zero-order valence-corrected chi connectivity index (χ0v) is 24.5. The minimum Gasteiger partial charge on any atom is -0.465 e. The van der Waals surface area contributed by atoms with Gasteiger partial charge in [-0.3, -0.25) is 14.4 Å². The van der Waals surface area contributed by atoms with Gasteiger partial charge in [0, 0.05) is 22.0 Å². The third-order valence-corrected chi connectivity index (χ3v) is 11.1. The van der Waals surface area contributed by atoms with Gasteiger partial charge in [0.15, 0.2) is 0 Å². The molecule has 0 radical (unpaired) electrons. The highest BCUT2D eigenvalue weighted by Crippen LogP contribution is 2.72. The SMILES string of the molecule is C=CCCOC(=O)[C@H]1[C@H]2C(=O)N([C@@H](CO)[C@@H](C)CC)C(C(=O)N(CC=C)c3ccc(Cl)cc3)C23CC[C@]1(C)S3. The lowest BCUT2D eigenvalue weighted by molar-refractivity contribution is -0.156. The number of thioether (sulfide) groups is 1. The van der Waals surface area contributed by atoms with Gasteiger partial charge in [-0.05, 0) is 56.4 Å². The second-order valence-corrected chi connectivity index (χ2v) is 13.4. The second-order valence-electron chi connectivity index (χ2n) is 11.1. The summed E-state index contributed by atoms with van der Waals surface area (Å²) in [4.78, 5) is 45.8. The maximum Gasteiger partial charge on any atom is 0.311 e. The first-order valence-corrected chi connectivity index (χ1v) is 14.9. The number of anilines is 1. The Balaban J connectivity index is 1.83. The third-order valence-electron chi connectivity index (χ3n) is 8.83. The molecule has 212 valence electrons. The number of amides is 2. The average molecular weight is 575 g/mol. The van der Waals surface area contributed by atoms with E-state index < -0.39 is 39.4 Å². The Morgan fingerprint density at radius 1 is 1.28 bits per heavy atom. The number of carbonyl (C=O) groups excluding carboxylic acids is 3. The van der Waals surface area contributed by atoms with Crippen molar-refractivity contribution in [1.82, 2.24) is 4.90 Å². The van der Waals surface area contributed by atoms with Gasteiger partial charge in [0.1, 0.15) is 6.04 Å². The number of hydrogen-bond donors (Lipinski definition) is 1. The Labute approximate surface area is 240 Å². The number of nitrogens with zero attached hydrogens (tertiary/aromatic N) is 2. The molecule has 3 saturated heterocycles. The number of hydrogen-bond acceptors (Lipinski definition) is 6. The summed E-state index contributed by atoms with van der Waals surface area (Å²) in [5.41, 5.74) is 0.643. The summed E-state index contributed by atoms with van der Waals surface area (Å²) >= 11 is 7.72. The van der Waals surface area contributed by atoms with E-state index in [9.17, 15) is 19.5 Å². The molecule has 1 spiro atoms. The van der Waals surface area contributed by atoms with E-state index in [0.29, 0.717) is 30.0 Å². The molecular formula is C30H39ClN2O5S. The van der Waals surface area contributed by atoms with E-state index in [4.69, 9.17) is 16.3 Å². The van der Waals surface area contributed by atoms with Crippen molar-refractivity contribution < 1.29 is 24.2 Å². The van der Waals surface area contributed by atoms with Crippen molar-refractivity contribution in [2.75, 3.05) is 24.7 Å². The van der Waals surface area contributed by atoms with Crippen molar-refractivity contribution in [2.24, 2.45) is 17.8 Å². The summed E-state index contributed by atoms with van der Waals surface area (Å²) in [5.74, 6) is -2.32. The van der Waals surface area contributed by atoms with E-state index in [2.05, 4.69) is 13.2 Å². The van der Waals surface area contributed by atoms with E-state index in [1.807, 2.05) is 20.8 Å². The molecule has 1 aromatic rings. The van der Waals surface area contributed by atoms with Gasteiger partial charge in [-0.1, -0.05) is 44.0 Å². The first-order chi connectivity index (χ1) is 18.6. The fraction of sp³-hybridized carbons (Fsp3) is 0.567. The van der Waals surface area contributed by atoms with Crippen molar-refractivity contribution >= 4 is 46.8 Å². The van der Waals surface area contributed by atoms with Crippen LogP contribution in [0.4, 0.5) is 5.69 Å². The number of rotatable bonds is 12. The van der Waals surface area contributed by atoms with Crippen molar-refractivity contribution in [3.8, 4) is 0 Å². The topological polar surface area (TPSA) is 87.1 Å². The largest absolute Gasteiger partial charge is 0.465 e. The normalized spacial score (nSPS) is 30.5. The Morgan fingerprint density at radius 2 is 1.97 bits per heavy atom. The molecular weight excluding hydrogens is 536 g/mol. The summed E-state index contributed by atoms with van der Waals surface area (Å²) in [7, 11) is 0. The molecule has 7 atom stereocenters. The number of aliphatic hydroxyl groups is 1. The van der Waals surface area contributed by atoms with Crippen LogP contribution in [-0.2, 0) is 19.1 Å². The maximum atomic E-state index is 14.7. The fourth-order valence-corrected chi connectivity index (χ4v) is 9.18. The monoisotopic (exact) mass is 574 g/mol. The standard InChI is InChI=1S/C30H39ClN2O5S/c1-6-9-17-38-28(37)24-23-26(35)33(22(18-34)19(4)8-3)25(30(23)15-14-29(24,5)39-30)27(36)32(16-7-2)21-12-10-20(31)11-13-21/h6-7,10-13,19,22-25,34H,1-2,8-9,14-18H2,3-5H3/t19-,22-,23-,24+,25?,29-,30?/m0/s1. The van der Waals surface area contributed by atoms with E-state index in [1.54, 1.807) is 58.0 Å². The molecule has 3 aliphatic heterocycles. The zero-order chi connectivity index (χ0) is 28.5. The van der Waals surface area contributed by atoms with Gasteiger partial charge in [0.05, 0.1) is 35.8 Å². The van der Waals surface area contributed by atoms with Crippen LogP contribution in [0, 0.1) is 17.8 Å². The fourth-order valence-electron chi connectivity index (χ4n) is 6.73. The summed E-state index contributed by atoms with van der Waals surface area (Å²) < 4.78 is 4.29. The summed E-state index contributed by atoms with van der Waals surface area (Å²) in [6.07, 6.45) is 5.90. The predicted octanol–water partition coefficient (Wildman–Crippen LogP) is 4.87. The zero-order valence-electron chi connectivity index (χ0n) is 23.0. The first kappa shape index (κ1) is 29.7. The number of esters is 1. The predicted molar refractivity (Wildman–Crippen MR) is 156 cm³/mol. The van der Waals surface area contributed by atoms with Crippen LogP contribution in [0.3, 0.4) is 0 Å². The smallest absolute Gasteiger partial charge is 0.311 e. The van der Waals surface area contributed by atoms with E-state index in [0.717, 1.165) is 6.42 Å². The van der Waals surface area contributed by atoms with Crippen LogP contribution in [0.25, 0.3) is 0 Å². The number of benzene rings is 1. The third kappa shape index (κ3) is 4.93. The van der Waals surface area contributed by atoms with Crippen molar-refractivity contribution in [2.45, 2.75) is 68.0 Å². The lowest BCUT2D eigenvalue weighted by Crippen LogP contribution is -2.58. The van der Waals surface area contributed by atoms with Crippen LogP contribution >= 0.6 is 23.4 Å². The molecule has 3 heterocycles. The Kier molecular flexibility index (Phi) is 8.89. The lowest BCUT2D eigenvalue weighted by atomic mass is 9.66. The summed E-state index contributed by atoms with van der Waals surface area (Å²) in [6, 6.07) is 5.59. The van der Waals surface area contributed by atoms with Crippen LogP contribution in [0.1, 0.15) is 46.5 Å². The summed E-state index contributed by atoms with van der Waals surface area (Å²) in [6.45, 7) is 13.7. The number of ether oxygens (including phenoxy) is 1. The lowest BCUT2D eigenvalue weighted by Gasteiger charge is -2.41. The highest BCUT2D eigenvalue weighted by molar-refractivity contribution is 8.02. The highest BCUT2D eigenvalue weighted by Gasteiger charge is 2.78. The highest BCUT2D eigenvalue weighted by atomic mass is 35.5. The number of halogens is 1. The van der Waals surface area contributed by atoms with Gasteiger partial charge >= 0.3 is 5.97 Å². The maximum absolute atomic E-state index is 14.7. The van der Waals surface area contributed by atoms with Gasteiger partial charge in [-0.25, -0.2) is 0 Å². The van der Waals surface area contributed by atoms with Crippen LogP contribution in [0.15, 0.2) is 49.6 Å². The van der Waals surface area contributed by atoms with Crippen molar-refractivity contribution in [3.63, 3.8) is 0 Å². The molecule has 2 bridgehead atoms. The molecule has 9 heteroatoms. The van der Waals surface area contributed by atoms with Gasteiger partial charge in [-0.2, -0.15) is 0 Å². The number of carbonyl (C=O) groups is 3. The molecule has 3 fully saturated rings. The number of fused-ring (bicyclic) bond motifs is 1. The van der Waals surface area contributed by atoms with Crippen LogP contribution < -0.4 is 4.90 Å². The van der Waals surface area contributed by atoms with Crippen molar-refractivity contribution in [3.05, 3.63) is 54.6 Å². The summed E-state index contributed by atoms with van der Waals surface area (Å²) in [5, 5.41) is 11.1. The van der Waals surface area contributed by atoms with Crippen LogP contribution in [0.5, 0.6) is 0 Å². The quantitative estimate of drug-likeness (QED) is 0.218. The van der Waals surface area contributed by atoms with Gasteiger partial charge in [0.2, 0.25) is 5.91 Å². The van der Waals surface area contributed by atoms with Gasteiger partial charge in [0.25, 0.3) is 5.91 Å². The van der Waals surface area contributed by atoms with Crippen LogP contribution in [0.2, 0.25) is 5.02 Å². The molecule has 2 unspecified atom stereocenters. The number of aliphatic hydroxyl groups excluding tert-OH is 1. The van der Waals surface area contributed by atoms with E-state index in [-0.39, 0.29) is 37.5 Å². The first-order valence-electron chi connectivity index (χ1n) is 13.7. The molecule has 0 saturated carbocycles.